The minimum atomic E-state index is -4.17. The van der Waals surface area contributed by atoms with E-state index in [4.69, 9.17) is 32.7 Å². The SMILES string of the molecule is COc1ccc(NC(=O)C(Cc2ccccc2)NS(=O)(=O)c2cc(Cl)ccc2OC)cc1Cl. The molecule has 7 nitrogen and oxygen atoms in total. The highest BCUT2D eigenvalue weighted by Gasteiger charge is 2.28. The van der Waals surface area contributed by atoms with Crippen molar-refractivity contribution in [2.75, 3.05) is 19.5 Å². The van der Waals surface area contributed by atoms with Gasteiger partial charge in [-0.1, -0.05) is 53.5 Å². The van der Waals surface area contributed by atoms with Gasteiger partial charge in [-0.15, -0.1) is 0 Å². The van der Waals surface area contributed by atoms with E-state index in [0.717, 1.165) is 5.56 Å². The second kappa shape index (κ2) is 10.9. The van der Waals surface area contributed by atoms with Crippen LogP contribution in [0.3, 0.4) is 0 Å². The zero-order chi connectivity index (χ0) is 24.0. The number of rotatable bonds is 9. The molecule has 3 rings (SSSR count). The predicted molar refractivity (Wildman–Crippen MR) is 129 cm³/mol. The fourth-order valence-corrected chi connectivity index (χ4v) is 5.01. The van der Waals surface area contributed by atoms with E-state index in [9.17, 15) is 13.2 Å². The molecule has 1 atom stereocenters. The van der Waals surface area contributed by atoms with Gasteiger partial charge >= 0.3 is 0 Å². The van der Waals surface area contributed by atoms with Crippen molar-refractivity contribution in [3.63, 3.8) is 0 Å². The number of anilines is 1. The quantitative estimate of drug-likeness (QED) is 0.442. The van der Waals surface area contributed by atoms with Crippen molar-refractivity contribution in [1.82, 2.24) is 4.72 Å². The van der Waals surface area contributed by atoms with Crippen LogP contribution in [0, 0.1) is 0 Å². The number of carbonyl (C=O) groups excluding carboxylic acids is 1. The van der Waals surface area contributed by atoms with Gasteiger partial charge in [0.15, 0.2) is 0 Å². The molecular formula is C23H22Cl2N2O5S. The summed E-state index contributed by atoms with van der Waals surface area (Å²) in [6.07, 6.45) is 0.110. The highest BCUT2D eigenvalue weighted by Crippen LogP contribution is 2.29. The number of amides is 1. The number of methoxy groups -OCH3 is 2. The Labute approximate surface area is 202 Å². The molecular weight excluding hydrogens is 487 g/mol. The average molecular weight is 509 g/mol. The molecule has 2 N–H and O–H groups in total. The Balaban J connectivity index is 1.92. The Morgan fingerprint density at radius 3 is 2.24 bits per heavy atom. The van der Waals surface area contributed by atoms with Crippen LogP contribution in [0.25, 0.3) is 0 Å². The summed E-state index contributed by atoms with van der Waals surface area (Å²) in [5.41, 5.74) is 1.16. The average Bonchev–Trinajstić information content (AvgIpc) is 2.79. The van der Waals surface area contributed by atoms with E-state index in [2.05, 4.69) is 10.0 Å². The lowest BCUT2D eigenvalue weighted by atomic mass is 10.1. The Morgan fingerprint density at radius 1 is 0.939 bits per heavy atom. The summed E-state index contributed by atoms with van der Waals surface area (Å²) in [6.45, 7) is 0. The van der Waals surface area contributed by atoms with Gasteiger partial charge in [-0.3, -0.25) is 4.79 Å². The molecule has 1 amide bonds. The summed E-state index contributed by atoms with van der Waals surface area (Å²) in [4.78, 5) is 13.0. The first-order valence-electron chi connectivity index (χ1n) is 9.77. The number of ether oxygens (including phenoxy) is 2. The topological polar surface area (TPSA) is 93.7 Å². The van der Waals surface area contributed by atoms with Crippen molar-refractivity contribution in [2.24, 2.45) is 0 Å². The Bertz CT molecular complexity index is 1240. The summed E-state index contributed by atoms with van der Waals surface area (Å²) in [5, 5.41) is 3.23. The third-order valence-corrected chi connectivity index (χ3v) is 6.75. The van der Waals surface area contributed by atoms with Crippen LogP contribution in [0.2, 0.25) is 10.0 Å². The number of sulfonamides is 1. The monoisotopic (exact) mass is 508 g/mol. The summed E-state index contributed by atoms with van der Waals surface area (Å²) in [6, 6.07) is 16.9. The van der Waals surface area contributed by atoms with E-state index in [1.54, 1.807) is 24.3 Å². The minimum Gasteiger partial charge on any atom is -0.495 e. The zero-order valence-corrected chi connectivity index (χ0v) is 20.2. The van der Waals surface area contributed by atoms with Gasteiger partial charge in [0, 0.05) is 10.7 Å². The van der Waals surface area contributed by atoms with Crippen LogP contribution in [-0.4, -0.2) is 34.6 Å². The van der Waals surface area contributed by atoms with Gasteiger partial charge < -0.3 is 14.8 Å². The molecule has 10 heteroatoms. The Hall–Kier alpha value is -2.78. The fourth-order valence-electron chi connectivity index (χ4n) is 3.12. The molecule has 3 aromatic rings. The zero-order valence-electron chi connectivity index (χ0n) is 17.8. The van der Waals surface area contributed by atoms with Crippen LogP contribution < -0.4 is 19.5 Å². The van der Waals surface area contributed by atoms with Crippen LogP contribution >= 0.6 is 23.2 Å². The maximum atomic E-state index is 13.2. The largest absolute Gasteiger partial charge is 0.495 e. The summed E-state index contributed by atoms with van der Waals surface area (Å²) >= 11 is 12.1. The van der Waals surface area contributed by atoms with Gasteiger partial charge in [-0.05, 0) is 48.4 Å². The lowest BCUT2D eigenvalue weighted by molar-refractivity contribution is -0.117. The van der Waals surface area contributed by atoms with Crippen LogP contribution in [0.15, 0.2) is 71.6 Å². The first-order chi connectivity index (χ1) is 15.7. The first-order valence-corrected chi connectivity index (χ1v) is 12.0. The Morgan fingerprint density at radius 2 is 1.61 bits per heavy atom. The van der Waals surface area contributed by atoms with Crippen LogP contribution in [0.4, 0.5) is 5.69 Å². The molecule has 0 aliphatic rings. The molecule has 3 aromatic carbocycles. The Kier molecular flexibility index (Phi) is 8.20. The number of halogens is 2. The smallest absolute Gasteiger partial charge is 0.245 e. The van der Waals surface area contributed by atoms with Crippen molar-refractivity contribution < 1.29 is 22.7 Å². The molecule has 0 saturated carbocycles. The van der Waals surface area contributed by atoms with Crippen molar-refractivity contribution >= 4 is 44.8 Å². The van der Waals surface area contributed by atoms with Crippen molar-refractivity contribution in [3.05, 3.63) is 82.3 Å². The van der Waals surface area contributed by atoms with Gasteiger partial charge in [0.25, 0.3) is 0 Å². The van der Waals surface area contributed by atoms with Crippen molar-refractivity contribution in [1.29, 1.82) is 0 Å². The number of hydrogen-bond donors (Lipinski definition) is 2. The molecule has 33 heavy (non-hydrogen) atoms. The number of nitrogens with one attached hydrogen (secondary N) is 2. The normalized spacial score (nSPS) is 12.1. The van der Waals surface area contributed by atoms with Crippen LogP contribution in [0.5, 0.6) is 11.5 Å². The molecule has 0 saturated heterocycles. The summed E-state index contributed by atoms with van der Waals surface area (Å²) in [5.74, 6) is -0.0124. The van der Waals surface area contributed by atoms with E-state index in [1.165, 1.54) is 38.5 Å². The van der Waals surface area contributed by atoms with E-state index < -0.39 is 22.0 Å². The van der Waals surface area contributed by atoms with Crippen molar-refractivity contribution in [3.8, 4) is 11.5 Å². The molecule has 1 unspecified atom stereocenters. The number of benzene rings is 3. The molecule has 0 fully saturated rings. The molecule has 0 aromatic heterocycles. The van der Waals surface area contributed by atoms with E-state index in [1.807, 2.05) is 18.2 Å². The number of carbonyl (C=O) groups is 1. The van der Waals surface area contributed by atoms with Gasteiger partial charge in [0.1, 0.15) is 22.4 Å². The minimum absolute atomic E-state index is 0.104. The lowest BCUT2D eigenvalue weighted by Crippen LogP contribution is -2.45. The molecule has 0 spiro atoms. The maximum absolute atomic E-state index is 13.2. The molecule has 0 aliphatic carbocycles. The molecule has 0 aliphatic heterocycles. The first kappa shape index (κ1) is 24.9. The van der Waals surface area contributed by atoms with E-state index in [0.29, 0.717) is 16.5 Å². The third-order valence-electron chi connectivity index (χ3n) is 4.73. The molecule has 174 valence electrons. The molecule has 0 bridgehead atoms. The highest BCUT2D eigenvalue weighted by atomic mass is 35.5. The van der Waals surface area contributed by atoms with Gasteiger partial charge in [0.2, 0.25) is 15.9 Å². The second-order valence-electron chi connectivity index (χ2n) is 7.00. The predicted octanol–water partition coefficient (Wildman–Crippen LogP) is 4.54. The van der Waals surface area contributed by atoms with Gasteiger partial charge in [-0.25, -0.2) is 8.42 Å². The summed E-state index contributed by atoms with van der Waals surface area (Å²) in [7, 11) is -1.34. The fraction of sp³-hybridized carbons (Fsp3) is 0.174. The third kappa shape index (κ3) is 6.39. The van der Waals surface area contributed by atoms with E-state index in [-0.39, 0.29) is 22.1 Å². The van der Waals surface area contributed by atoms with Crippen LogP contribution in [-0.2, 0) is 21.2 Å². The number of hydrogen-bond acceptors (Lipinski definition) is 5. The maximum Gasteiger partial charge on any atom is 0.245 e. The standard InChI is InChI=1S/C23H22Cl2N2O5S/c1-31-20-11-9-17(14-18(20)25)26-23(28)19(12-15-6-4-3-5-7-15)27-33(29,30)22-13-16(24)8-10-21(22)32-2/h3-11,13-14,19,27H,12H2,1-2H3,(H,26,28). The van der Waals surface area contributed by atoms with Gasteiger partial charge in [-0.2, -0.15) is 4.72 Å². The van der Waals surface area contributed by atoms with Crippen LogP contribution in [0.1, 0.15) is 5.56 Å². The lowest BCUT2D eigenvalue weighted by Gasteiger charge is -2.20. The van der Waals surface area contributed by atoms with E-state index >= 15 is 0 Å². The van der Waals surface area contributed by atoms with Gasteiger partial charge in [0.05, 0.1) is 19.2 Å². The van der Waals surface area contributed by atoms with Crippen molar-refractivity contribution in [2.45, 2.75) is 17.4 Å². The summed E-state index contributed by atoms with van der Waals surface area (Å²) < 4.78 is 39.2. The highest BCUT2D eigenvalue weighted by molar-refractivity contribution is 7.89. The molecule has 0 radical (unpaired) electrons. The second-order valence-corrected chi connectivity index (χ2v) is 9.52. The molecule has 0 heterocycles.